The first-order chi connectivity index (χ1) is 15.4. The average molecular weight is 454 g/mol. The molecular weight excluding hydrogens is 432 g/mol. The highest BCUT2D eigenvalue weighted by atomic mass is 32.1. The molecule has 0 atom stereocenters. The highest BCUT2D eigenvalue weighted by Gasteiger charge is 2.23. The van der Waals surface area contributed by atoms with E-state index in [0.29, 0.717) is 31.6 Å². The van der Waals surface area contributed by atoms with E-state index in [2.05, 4.69) is 10.3 Å². The molecule has 1 aliphatic heterocycles. The van der Waals surface area contributed by atoms with Crippen molar-refractivity contribution in [2.24, 2.45) is 0 Å². The summed E-state index contributed by atoms with van der Waals surface area (Å²) >= 11 is 1.47. The maximum atomic E-state index is 13.8. The lowest BCUT2D eigenvalue weighted by Crippen LogP contribution is -2.36. The Balaban J connectivity index is 1.46. The molecule has 0 spiro atoms. The smallest absolute Gasteiger partial charge is 0.252 e. The Labute approximate surface area is 188 Å². The van der Waals surface area contributed by atoms with E-state index in [4.69, 9.17) is 0 Å². The van der Waals surface area contributed by atoms with E-state index in [0.717, 1.165) is 28.5 Å². The van der Waals surface area contributed by atoms with Gasteiger partial charge in [-0.15, -0.1) is 0 Å². The van der Waals surface area contributed by atoms with E-state index in [9.17, 15) is 18.4 Å². The molecule has 0 saturated heterocycles. The fourth-order valence-corrected chi connectivity index (χ4v) is 4.36. The predicted molar refractivity (Wildman–Crippen MR) is 119 cm³/mol. The number of nitrogens with zero attached hydrogens (tertiary/aromatic N) is 2. The molecule has 0 unspecified atom stereocenters. The Morgan fingerprint density at radius 1 is 1.28 bits per heavy atom. The van der Waals surface area contributed by atoms with Gasteiger partial charge in [0.05, 0.1) is 0 Å². The first-order valence-corrected chi connectivity index (χ1v) is 11.1. The van der Waals surface area contributed by atoms with Gasteiger partial charge in [0.1, 0.15) is 0 Å². The summed E-state index contributed by atoms with van der Waals surface area (Å²) in [5.74, 6) is -2.35. The third-order valence-electron chi connectivity index (χ3n) is 5.50. The molecule has 32 heavy (non-hydrogen) atoms. The highest BCUT2D eigenvalue weighted by Crippen LogP contribution is 2.24. The Kier molecular flexibility index (Phi) is 6.41. The summed E-state index contributed by atoms with van der Waals surface area (Å²) in [6.07, 6.45) is 4.92. The standard InChI is InChI=1S/C24H21F2N3O2S/c1-15-20(12-28-24(31)17-8-10-32-14-17)19-7-9-29(13-18(19)11-27-15)22(30)6-5-16-3-2-4-21(25)23(16)26/h2-6,8,10-11,14H,7,9,12-13H2,1H3,(H,28,31). The van der Waals surface area contributed by atoms with Crippen LogP contribution in [0, 0.1) is 18.6 Å². The van der Waals surface area contributed by atoms with Crippen LogP contribution in [-0.2, 0) is 24.3 Å². The van der Waals surface area contributed by atoms with Gasteiger partial charge in [0.2, 0.25) is 5.91 Å². The number of carbonyl (C=O) groups is 2. The minimum Gasteiger partial charge on any atom is -0.348 e. The maximum Gasteiger partial charge on any atom is 0.252 e. The van der Waals surface area contributed by atoms with Crippen LogP contribution >= 0.6 is 11.3 Å². The molecule has 0 bridgehead atoms. The van der Waals surface area contributed by atoms with Gasteiger partial charge in [-0.2, -0.15) is 11.3 Å². The maximum absolute atomic E-state index is 13.8. The largest absolute Gasteiger partial charge is 0.348 e. The number of carbonyl (C=O) groups excluding carboxylic acids is 2. The molecule has 1 aliphatic rings. The minimum atomic E-state index is -0.977. The summed E-state index contributed by atoms with van der Waals surface area (Å²) < 4.78 is 27.2. The van der Waals surface area contributed by atoms with Crippen LogP contribution in [0.1, 0.15) is 38.3 Å². The number of nitrogens with one attached hydrogen (secondary N) is 1. The van der Waals surface area contributed by atoms with Crippen LogP contribution in [0.15, 0.2) is 47.3 Å². The van der Waals surface area contributed by atoms with Crippen LogP contribution in [-0.4, -0.2) is 28.2 Å². The lowest BCUT2D eigenvalue weighted by atomic mass is 9.94. The lowest BCUT2D eigenvalue weighted by molar-refractivity contribution is -0.126. The van der Waals surface area contributed by atoms with Crippen LogP contribution in [0.4, 0.5) is 8.78 Å². The first kappa shape index (κ1) is 21.8. The molecule has 0 fully saturated rings. The number of rotatable bonds is 5. The summed E-state index contributed by atoms with van der Waals surface area (Å²) in [5, 5.41) is 6.60. The average Bonchev–Trinajstić information content (AvgIpc) is 3.34. The van der Waals surface area contributed by atoms with Gasteiger partial charge in [0.25, 0.3) is 5.91 Å². The monoisotopic (exact) mass is 453 g/mol. The number of pyridine rings is 1. The fraction of sp³-hybridized carbons (Fsp3) is 0.208. The SMILES string of the molecule is Cc1ncc2c(c1CNC(=O)c1ccsc1)CCN(C(=O)C=Cc1cccc(F)c1F)C2. The number of hydrogen-bond acceptors (Lipinski definition) is 4. The quantitative estimate of drug-likeness (QED) is 0.588. The summed E-state index contributed by atoms with van der Waals surface area (Å²) in [6, 6.07) is 5.62. The predicted octanol–water partition coefficient (Wildman–Crippen LogP) is 4.26. The molecule has 2 aromatic heterocycles. The number of thiophene rings is 1. The molecule has 2 amide bonds. The van der Waals surface area contributed by atoms with Gasteiger partial charge in [-0.3, -0.25) is 14.6 Å². The van der Waals surface area contributed by atoms with E-state index in [-0.39, 0.29) is 17.4 Å². The molecule has 4 rings (SSSR count). The van der Waals surface area contributed by atoms with Crippen molar-refractivity contribution in [1.82, 2.24) is 15.2 Å². The van der Waals surface area contributed by atoms with Gasteiger partial charge < -0.3 is 10.2 Å². The number of benzene rings is 1. The van der Waals surface area contributed by atoms with Gasteiger partial charge in [-0.05, 0) is 53.6 Å². The van der Waals surface area contributed by atoms with E-state index in [1.807, 2.05) is 12.3 Å². The third-order valence-corrected chi connectivity index (χ3v) is 6.19. The highest BCUT2D eigenvalue weighted by molar-refractivity contribution is 7.08. The molecule has 164 valence electrons. The summed E-state index contributed by atoms with van der Waals surface area (Å²) in [6.45, 7) is 3.11. The van der Waals surface area contributed by atoms with Gasteiger partial charge in [-0.1, -0.05) is 12.1 Å². The van der Waals surface area contributed by atoms with Crippen molar-refractivity contribution in [3.8, 4) is 0 Å². The second-order valence-corrected chi connectivity index (χ2v) is 8.29. The van der Waals surface area contributed by atoms with E-state index in [1.165, 1.54) is 35.6 Å². The van der Waals surface area contributed by atoms with Crippen LogP contribution in [0.25, 0.3) is 6.08 Å². The van der Waals surface area contributed by atoms with Crippen LogP contribution in [0.2, 0.25) is 0 Å². The van der Waals surface area contributed by atoms with Gasteiger partial charge in [0.15, 0.2) is 11.6 Å². The Hall–Kier alpha value is -3.39. The van der Waals surface area contributed by atoms with Crippen LogP contribution < -0.4 is 5.32 Å². The van der Waals surface area contributed by atoms with Crippen molar-refractivity contribution >= 4 is 29.2 Å². The van der Waals surface area contributed by atoms with Gasteiger partial charge in [0, 0.05) is 54.1 Å². The second-order valence-electron chi connectivity index (χ2n) is 7.51. The zero-order valence-corrected chi connectivity index (χ0v) is 18.2. The molecule has 0 radical (unpaired) electrons. The second kappa shape index (κ2) is 9.40. The molecule has 1 aromatic carbocycles. The molecule has 0 aliphatic carbocycles. The van der Waals surface area contributed by atoms with E-state index < -0.39 is 11.6 Å². The third kappa shape index (κ3) is 4.60. The minimum absolute atomic E-state index is 0.0247. The molecule has 1 N–H and O–H groups in total. The van der Waals surface area contributed by atoms with E-state index in [1.54, 1.807) is 22.5 Å². The number of fused-ring (bicyclic) bond motifs is 1. The van der Waals surface area contributed by atoms with Gasteiger partial charge in [-0.25, -0.2) is 8.78 Å². The zero-order valence-electron chi connectivity index (χ0n) is 17.4. The van der Waals surface area contributed by atoms with Crippen molar-refractivity contribution in [2.45, 2.75) is 26.4 Å². The van der Waals surface area contributed by atoms with E-state index >= 15 is 0 Å². The molecule has 3 heterocycles. The fourth-order valence-electron chi connectivity index (χ4n) is 3.72. The molecule has 5 nitrogen and oxygen atoms in total. The summed E-state index contributed by atoms with van der Waals surface area (Å²) in [7, 11) is 0. The van der Waals surface area contributed by atoms with Crippen molar-refractivity contribution in [1.29, 1.82) is 0 Å². The van der Waals surface area contributed by atoms with Crippen molar-refractivity contribution in [3.05, 3.63) is 92.4 Å². The van der Waals surface area contributed by atoms with Crippen LogP contribution in [0.5, 0.6) is 0 Å². The summed E-state index contributed by atoms with van der Waals surface area (Å²) in [5.41, 5.74) is 4.47. The topological polar surface area (TPSA) is 62.3 Å². The summed E-state index contributed by atoms with van der Waals surface area (Å²) in [4.78, 5) is 31.0. The molecule has 8 heteroatoms. The van der Waals surface area contributed by atoms with Crippen molar-refractivity contribution in [2.75, 3.05) is 6.54 Å². The van der Waals surface area contributed by atoms with Crippen LogP contribution in [0.3, 0.4) is 0 Å². The van der Waals surface area contributed by atoms with Gasteiger partial charge >= 0.3 is 0 Å². The number of amides is 2. The number of halogens is 2. The molecule has 0 saturated carbocycles. The molecular formula is C24H21F2N3O2S. The number of hydrogen-bond donors (Lipinski definition) is 1. The Morgan fingerprint density at radius 3 is 2.91 bits per heavy atom. The molecule has 3 aromatic rings. The number of aromatic nitrogens is 1. The Morgan fingerprint density at radius 2 is 2.12 bits per heavy atom. The van der Waals surface area contributed by atoms with Crippen molar-refractivity contribution in [3.63, 3.8) is 0 Å². The lowest BCUT2D eigenvalue weighted by Gasteiger charge is -2.30. The van der Waals surface area contributed by atoms with Crippen molar-refractivity contribution < 1.29 is 18.4 Å². The zero-order chi connectivity index (χ0) is 22.7. The Bertz CT molecular complexity index is 1190. The number of aryl methyl sites for hydroxylation is 1. The normalized spacial score (nSPS) is 13.3. The first-order valence-electron chi connectivity index (χ1n) is 10.1.